The Balaban J connectivity index is 1.71. The molecule has 0 aliphatic carbocycles. The molecule has 0 bridgehead atoms. The van der Waals surface area contributed by atoms with Crippen molar-refractivity contribution in [2.45, 2.75) is 32.9 Å². The molecule has 1 aliphatic heterocycles. The SMILES string of the molecule is Cc1ccc(NC(=O)[C@@H]2[C@H](C)Nc3ncnn3[C@H]2c2cccnc2)c(C)c1. The van der Waals surface area contributed by atoms with Gasteiger partial charge in [-0.2, -0.15) is 10.1 Å². The van der Waals surface area contributed by atoms with Crippen LogP contribution in [0.25, 0.3) is 0 Å². The van der Waals surface area contributed by atoms with Crippen LogP contribution in [0.2, 0.25) is 0 Å². The second-order valence-electron chi connectivity index (χ2n) is 7.03. The number of benzene rings is 1. The highest BCUT2D eigenvalue weighted by Crippen LogP contribution is 2.36. The number of nitrogens with zero attached hydrogens (tertiary/aromatic N) is 4. The monoisotopic (exact) mass is 362 g/mol. The lowest BCUT2D eigenvalue weighted by Gasteiger charge is -2.36. The molecule has 0 saturated heterocycles. The number of anilines is 2. The predicted molar refractivity (Wildman–Crippen MR) is 104 cm³/mol. The molecule has 0 saturated carbocycles. The first-order chi connectivity index (χ1) is 13.0. The Morgan fingerprint density at radius 1 is 1.26 bits per heavy atom. The Labute approximate surface area is 157 Å². The summed E-state index contributed by atoms with van der Waals surface area (Å²) in [5.74, 6) is 0.230. The van der Waals surface area contributed by atoms with E-state index in [1.54, 1.807) is 17.1 Å². The van der Waals surface area contributed by atoms with Crippen LogP contribution < -0.4 is 10.6 Å². The summed E-state index contributed by atoms with van der Waals surface area (Å²) in [5, 5.41) is 10.7. The van der Waals surface area contributed by atoms with Crippen molar-refractivity contribution < 1.29 is 4.79 Å². The van der Waals surface area contributed by atoms with Gasteiger partial charge in [0.25, 0.3) is 0 Å². The van der Waals surface area contributed by atoms with Crippen molar-refractivity contribution in [2.24, 2.45) is 5.92 Å². The maximum absolute atomic E-state index is 13.3. The second kappa shape index (κ2) is 6.83. The molecule has 0 spiro atoms. The van der Waals surface area contributed by atoms with Crippen molar-refractivity contribution in [1.29, 1.82) is 0 Å². The maximum atomic E-state index is 13.3. The fourth-order valence-corrected chi connectivity index (χ4v) is 3.72. The molecule has 4 rings (SSSR count). The summed E-state index contributed by atoms with van der Waals surface area (Å²) in [4.78, 5) is 21.8. The van der Waals surface area contributed by atoms with Gasteiger partial charge in [0, 0.05) is 24.1 Å². The first kappa shape index (κ1) is 17.2. The van der Waals surface area contributed by atoms with Crippen molar-refractivity contribution in [2.75, 3.05) is 10.6 Å². The quantitative estimate of drug-likeness (QED) is 0.748. The van der Waals surface area contributed by atoms with Crippen molar-refractivity contribution in [1.82, 2.24) is 19.7 Å². The van der Waals surface area contributed by atoms with Crippen molar-refractivity contribution in [3.8, 4) is 0 Å². The van der Waals surface area contributed by atoms with Gasteiger partial charge in [-0.3, -0.25) is 9.78 Å². The molecule has 3 aromatic rings. The molecular weight excluding hydrogens is 340 g/mol. The van der Waals surface area contributed by atoms with Crippen LogP contribution in [0, 0.1) is 19.8 Å². The number of carbonyl (C=O) groups is 1. The van der Waals surface area contributed by atoms with Gasteiger partial charge in [0.15, 0.2) is 0 Å². The number of pyridine rings is 1. The highest BCUT2D eigenvalue weighted by atomic mass is 16.2. The van der Waals surface area contributed by atoms with E-state index in [1.165, 1.54) is 11.9 Å². The Morgan fingerprint density at radius 2 is 2.11 bits per heavy atom. The number of aryl methyl sites for hydroxylation is 2. The molecular formula is C20H22N6O. The van der Waals surface area contributed by atoms with Crippen LogP contribution in [0.4, 0.5) is 11.6 Å². The van der Waals surface area contributed by atoms with Crippen LogP contribution in [0.5, 0.6) is 0 Å². The maximum Gasteiger partial charge on any atom is 0.232 e. The molecule has 0 unspecified atom stereocenters. The van der Waals surface area contributed by atoms with E-state index in [4.69, 9.17) is 0 Å². The highest BCUT2D eigenvalue weighted by molar-refractivity contribution is 5.94. The summed E-state index contributed by atoms with van der Waals surface area (Å²) in [6.07, 6.45) is 5.01. The van der Waals surface area contributed by atoms with Gasteiger partial charge in [0.1, 0.15) is 6.33 Å². The van der Waals surface area contributed by atoms with Crippen LogP contribution in [-0.4, -0.2) is 31.7 Å². The highest BCUT2D eigenvalue weighted by Gasteiger charge is 2.41. The van der Waals surface area contributed by atoms with E-state index >= 15 is 0 Å². The van der Waals surface area contributed by atoms with Crippen molar-refractivity contribution >= 4 is 17.5 Å². The molecule has 0 radical (unpaired) electrons. The van der Waals surface area contributed by atoms with E-state index in [-0.39, 0.29) is 23.9 Å². The molecule has 3 atom stereocenters. The minimum atomic E-state index is -0.371. The Hall–Kier alpha value is -3.22. The van der Waals surface area contributed by atoms with E-state index in [0.29, 0.717) is 5.95 Å². The summed E-state index contributed by atoms with van der Waals surface area (Å²) < 4.78 is 1.77. The van der Waals surface area contributed by atoms with E-state index < -0.39 is 0 Å². The summed E-state index contributed by atoms with van der Waals surface area (Å²) in [5.41, 5.74) is 3.96. The summed E-state index contributed by atoms with van der Waals surface area (Å²) >= 11 is 0. The van der Waals surface area contributed by atoms with Gasteiger partial charge >= 0.3 is 0 Å². The molecule has 1 aromatic carbocycles. The van der Waals surface area contributed by atoms with Gasteiger partial charge < -0.3 is 10.6 Å². The number of aromatic nitrogens is 4. The molecule has 2 N–H and O–H groups in total. The minimum Gasteiger partial charge on any atom is -0.351 e. The van der Waals surface area contributed by atoms with E-state index in [1.807, 2.05) is 45.0 Å². The van der Waals surface area contributed by atoms with Gasteiger partial charge in [0.2, 0.25) is 11.9 Å². The topological polar surface area (TPSA) is 84.7 Å². The molecule has 1 amide bonds. The average molecular weight is 362 g/mol. The van der Waals surface area contributed by atoms with Gasteiger partial charge in [-0.25, -0.2) is 4.68 Å². The fourth-order valence-electron chi connectivity index (χ4n) is 3.72. The van der Waals surface area contributed by atoms with Crippen LogP contribution in [0.3, 0.4) is 0 Å². The minimum absolute atomic E-state index is 0.0584. The number of hydrogen-bond donors (Lipinski definition) is 2. The third kappa shape index (κ3) is 3.16. The molecule has 1 aliphatic rings. The molecule has 0 fully saturated rings. The molecule has 138 valence electrons. The summed E-state index contributed by atoms with van der Waals surface area (Å²) in [6.45, 7) is 6.03. The lowest BCUT2D eigenvalue weighted by molar-refractivity contribution is -0.121. The van der Waals surface area contributed by atoms with Crippen LogP contribution in [0.1, 0.15) is 29.7 Å². The Kier molecular flexibility index (Phi) is 4.35. The van der Waals surface area contributed by atoms with Crippen molar-refractivity contribution in [3.63, 3.8) is 0 Å². The first-order valence-electron chi connectivity index (χ1n) is 8.98. The van der Waals surface area contributed by atoms with Crippen molar-refractivity contribution in [3.05, 3.63) is 65.7 Å². The lowest BCUT2D eigenvalue weighted by atomic mass is 9.86. The number of nitrogens with one attached hydrogen (secondary N) is 2. The first-order valence-corrected chi connectivity index (χ1v) is 8.98. The average Bonchev–Trinajstić information content (AvgIpc) is 3.11. The molecule has 7 nitrogen and oxygen atoms in total. The van der Waals surface area contributed by atoms with E-state index in [9.17, 15) is 4.79 Å². The molecule has 27 heavy (non-hydrogen) atoms. The Morgan fingerprint density at radius 3 is 2.85 bits per heavy atom. The van der Waals surface area contributed by atoms with Crippen LogP contribution >= 0.6 is 0 Å². The number of amides is 1. The van der Waals surface area contributed by atoms with E-state index in [2.05, 4.69) is 31.8 Å². The number of carbonyl (C=O) groups excluding carboxylic acids is 1. The zero-order valence-corrected chi connectivity index (χ0v) is 15.5. The Bertz CT molecular complexity index is 968. The fraction of sp³-hybridized carbons (Fsp3) is 0.300. The lowest BCUT2D eigenvalue weighted by Crippen LogP contribution is -2.46. The summed E-state index contributed by atoms with van der Waals surface area (Å²) in [7, 11) is 0. The smallest absolute Gasteiger partial charge is 0.232 e. The third-order valence-electron chi connectivity index (χ3n) is 5.04. The molecule has 7 heteroatoms. The standard InChI is InChI=1S/C20H22N6O/c1-12-6-7-16(13(2)9-12)25-19(27)17-14(3)24-20-22-11-23-26(20)18(17)15-5-4-8-21-10-15/h4-11,14,17-18H,1-3H3,(H,25,27)(H,22,23,24)/t14-,17+,18-/m0/s1. The van der Waals surface area contributed by atoms with Crippen LogP contribution in [-0.2, 0) is 4.79 Å². The van der Waals surface area contributed by atoms with Gasteiger partial charge in [-0.05, 0) is 44.0 Å². The number of rotatable bonds is 3. The number of fused-ring (bicyclic) bond motifs is 1. The number of hydrogen-bond acceptors (Lipinski definition) is 5. The van der Waals surface area contributed by atoms with E-state index in [0.717, 1.165) is 16.8 Å². The zero-order chi connectivity index (χ0) is 19.0. The third-order valence-corrected chi connectivity index (χ3v) is 5.04. The van der Waals surface area contributed by atoms with Crippen LogP contribution in [0.15, 0.2) is 49.1 Å². The largest absolute Gasteiger partial charge is 0.351 e. The second-order valence-corrected chi connectivity index (χ2v) is 7.03. The summed E-state index contributed by atoms with van der Waals surface area (Å²) in [6, 6.07) is 9.46. The normalized spacial score (nSPS) is 21.2. The predicted octanol–water partition coefficient (Wildman–Crippen LogP) is 2.95. The molecule has 2 aromatic heterocycles. The van der Waals surface area contributed by atoms with Gasteiger partial charge in [-0.1, -0.05) is 23.8 Å². The zero-order valence-electron chi connectivity index (χ0n) is 15.5. The van der Waals surface area contributed by atoms with Gasteiger partial charge in [0.05, 0.1) is 12.0 Å². The molecule has 3 heterocycles. The van der Waals surface area contributed by atoms with Gasteiger partial charge in [-0.15, -0.1) is 0 Å².